The molecule has 0 amide bonds. The molecule has 2 aromatic carbocycles. The van der Waals surface area contributed by atoms with Gasteiger partial charge in [0.05, 0.1) is 0 Å². The summed E-state index contributed by atoms with van der Waals surface area (Å²) in [4.78, 5) is 0. The summed E-state index contributed by atoms with van der Waals surface area (Å²) in [5.74, 6) is -0.502. The first kappa shape index (κ1) is 14.2. The van der Waals surface area contributed by atoms with Crippen LogP contribution in [0.1, 0.15) is 24.1 Å². The summed E-state index contributed by atoms with van der Waals surface area (Å²) in [6, 6.07) is 11.0. The molecule has 0 radical (unpaired) electrons. The van der Waals surface area contributed by atoms with E-state index < -0.39 is 0 Å². The average molecular weight is 326 g/mol. The maximum absolute atomic E-state index is 13.1. The van der Waals surface area contributed by atoms with Crippen LogP contribution in [0.3, 0.4) is 0 Å². The third kappa shape index (κ3) is 3.85. The summed E-state index contributed by atoms with van der Waals surface area (Å²) in [6.45, 7) is 2.53. The van der Waals surface area contributed by atoms with Crippen LogP contribution in [0.5, 0.6) is 0 Å². The van der Waals surface area contributed by atoms with Gasteiger partial charge in [-0.05, 0) is 48.4 Å². The van der Waals surface area contributed by atoms with Crippen LogP contribution in [-0.4, -0.2) is 0 Å². The number of benzene rings is 2. The van der Waals surface area contributed by atoms with Crippen LogP contribution in [0.2, 0.25) is 0 Å². The second-order valence-electron chi connectivity index (χ2n) is 4.39. The van der Waals surface area contributed by atoms with Gasteiger partial charge in [0.15, 0.2) is 0 Å². The predicted octanol–water partition coefficient (Wildman–Crippen LogP) is 4.58. The monoisotopic (exact) mass is 325 g/mol. The highest BCUT2D eigenvalue weighted by Gasteiger charge is 2.07. The van der Waals surface area contributed by atoms with E-state index in [9.17, 15) is 8.78 Å². The molecule has 0 saturated carbocycles. The van der Waals surface area contributed by atoms with Gasteiger partial charge in [-0.15, -0.1) is 0 Å². The Morgan fingerprint density at radius 2 is 1.68 bits per heavy atom. The highest BCUT2D eigenvalue weighted by Crippen LogP contribution is 2.19. The lowest BCUT2D eigenvalue weighted by Gasteiger charge is -2.15. The zero-order valence-electron chi connectivity index (χ0n) is 10.5. The fraction of sp³-hybridized carbons (Fsp3) is 0.200. The van der Waals surface area contributed by atoms with Crippen LogP contribution < -0.4 is 5.32 Å². The quantitative estimate of drug-likeness (QED) is 0.867. The van der Waals surface area contributed by atoms with Crippen LogP contribution >= 0.6 is 15.9 Å². The van der Waals surface area contributed by atoms with Gasteiger partial charge in [-0.3, -0.25) is 0 Å². The molecule has 2 rings (SSSR count). The Hall–Kier alpha value is -1.26. The van der Waals surface area contributed by atoms with Crippen LogP contribution in [0, 0.1) is 11.6 Å². The van der Waals surface area contributed by atoms with Gasteiger partial charge in [-0.1, -0.05) is 28.1 Å². The van der Waals surface area contributed by atoms with Gasteiger partial charge in [0, 0.05) is 17.1 Å². The normalized spacial score (nSPS) is 12.4. The molecule has 0 aliphatic heterocycles. The number of rotatable bonds is 4. The molecule has 0 spiro atoms. The summed E-state index contributed by atoms with van der Waals surface area (Å²) in [5, 5.41) is 3.28. The van der Waals surface area contributed by atoms with Crippen LogP contribution in [-0.2, 0) is 6.54 Å². The van der Waals surface area contributed by atoms with E-state index >= 15 is 0 Å². The van der Waals surface area contributed by atoms with Crippen molar-refractivity contribution in [2.75, 3.05) is 0 Å². The third-order valence-electron chi connectivity index (χ3n) is 2.98. The largest absolute Gasteiger partial charge is 0.306 e. The molecule has 0 unspecified atom stereocenters. The lowest BCUT2D eigenvalue weighted by Crippen LogP contribution is -2.18. The second kappa shape index (κ2) is 6.26. The van der Waals surface area contributed by atoms with Crippen molar-refractivity contribution < 1.29 is 8.78 Å². The van der Waals surface area contributed by atoms with Crippen molar-refractivity contribution in [1.82, 2.24) is 5.32 Å². The van der Waals surface area contributed by atoms with Crippen molar-refractivity contribution in [3.8, 4) is 0 Å². The van der Waals surface area contributed by atoms with E-state index in [2.05, 4.69) is 21.2 Å². The van der Waals surface area contributed by atoms with Crippen molar-refractivity contribution in [2.45, 2.75) is 19.5 Å². The van der Waals surface area contributed by atoms with E-state index in [4.69, 9.17) is 0 Å². The molecule has 4 heteroatoms. The molecule has 0 saturated heterocycles. The van der Waals surface area contributed by atoms with E-state index in [0.717, 1.165) is 15.6 Å². The lowest BCUT2D eigenvalue weighted by atomic mass is 10.1. The van der Waals surface area contributed by atoms with Crippen LogP contribution in [0.4, 0.5) is 8.78 Å². The van der Waals surface area contributed by atoms with E-state index in [-0.39, 0.29) is 17.7 Å². The summed E-state index contributed by atoms with van der Waals surface area (Å²) in [5.41, 5.74) is 1.85. The predicted molar refractivity (Wildman–Crippen MR) is 75.8 cm³/mol. The smallest absolute Gasteiger partial charge is 0.123 e. The maximum Gasteiger partial charge on any atom is 0.123 e. The standard InChI is InChI=1S/C15H14BrF2N/c1-10(11-2-4-13(17)5-3-11)19-9-12-8-14(18)6-7-15(12)16/h2-8,10,19H,9H2,1H3/t10-/m0/s1. The molecule has 100 valence electrons. The zero-order valence-corrected chi connectivity index (χ0v) is 12.0. The summed E-state index contributed by atoms with van der Waals surface area (Å²) in [6.07, 6.45) is 0. The van der Waals surface area contributed by atoms with Crippen molar-refractivity contribution >= 4 is 15.9 Å². The minimum absolute atomic E-state index is 0.0655. The van der Waals surface area contributed by atoms with Crippen molar-refractivity contribution in [2.24, 2.45) is 0 Å². The molecule has 0 heterocycles. The molecule has 19 heavy (non-hydrogen) atoms. The summed E-state index contributed by atoms with van der Waals surface area (Å²) < 4.78 is 26.8. The highest BCUT2D eigenvalue weighted by molar-refractivity contribution is 9.10. The molecule has 0 aromatic heterocycles. The van der Waals surface area contributed by atoms with E-state index in [1.807, 2.05) is 6.92 Å². The topological polar surface area (TPSA) is 12.0 Å². The van der Waals surface area contributed by atoms with Crippen molar-refractivity contribution in [1.29, 1.82) is 0 Å². The van der Waals surface area contributed by atoms with E-state index in [0.29, 0.717) is 6.54 Å². The molecular formula is C15H14BrF2N. The van der Waals surface area contributed by atoms with E-state index in [1.165, 1.54) is 24.3 Å². The minimum atomic E-state index is -0.255. The van der Waals surface area contributed by atoms with Crippen LogP contribution in [0.25, 0.3) is 0 Å². The van der Waals surface area contributed by atoms with Gasteiger partial charge in [-0.2, -0.15) is 0 Å². The Kier molecular flexibility index (Phi) is 4.66. The number of nitrogens with one attached hydrogen (secondary N) is 1. The zero-order chi connectivity index (χ0) is 13.8. The SMILES string of the molecule is C[C@H](NCc1cc(F)ccc1Br)c1ccc(F)cc1. The Labute approximate surface area is 119 Å². The second-order valence-corrected chi connectivity index (χ2v) is 5.24. The Balaban J connectivity index is 2.02. The van der Waals surface area contributed by atoms with Gasteiger partial charge in [0.1, 0.15) is 11.6 Å². The van der Waals surface area contributed by atoms with E-state index in [1.54, 1.807) is 18.2 Å². The van der Waals surface area contributed by atoms with Crippen molar-refractivity contribution in [3.05, 3.63) is 69.7 Å². The molecular weight excluding hydrogens is 312 g/mol. The minimum Gasteiger partial charge on any atom is -0.306 e. The molecule has 1 N–H and O–H groups in total. The first-order chi connectivity index (χ1) is 9.06. The Morgan fingerprint density at radius 1 is 1.05 bits per heavy atom. The molecule has 2 aromatic rings. The molecule has 0 bridgehead atoms. The van der Waals surface area contributed by atoms with Crippen LogP contribution in [0.15, 0.2) is 46.9 Å². The fourth-order valence-electron chi connectivity index (χ4n) is 1.81. The molecule has 0 aliphatic rings. The van der Waals surface area contributed by atoms with Gasteiger partial charge in [0.2, 0.25) is 0 Å². The van der Waals surface area contributed by atoms with Crippen molar-refractivity contribution in [3.63, 3.8) is 0 Å². The maximum atomic E-state index is 13.1. The third-order valence-corrected chi connectivity index (χ3v) is 3.75. The number of halogens is 3. The molecule has 1 nitrogen and oxygen atoms in total. The fourth-order valence-corrected chi connectivity index (χ4v) is 2.20. The van der Waals surface area contributed by atoms with Gasteiger partial charge in [-0.25, -0.2) is 8.78 Å². The first-order valence-electron chi connectivity index (χ1n) is 5.99. The lowest BCUT2D eigenvalue weighted by molar-refractivity contribution is 0.565. The molecule has 1 atom stereocenters. The summed E-state index contributed by atoms with van der Waals surface area (Å²) in [7, 11) is 0. The van der Waals surface area contributed by atoms with Gasteiger partial charge < -0.3 is 5.32 Å². The highest BCUT2D eigenvalue weighted by atomic mass is 79.9. The summed E-state index contributed by atoms with van der Waals surface area (Å²) >= 11 is 3.39. The van der Waals surface area contributed by atoms with Gasteiger partial charge >= 0.3 is 0 Å². The number of hydrogen-bond donors (Lipinski definition) is 1. The molecule has 0 aliphatic carbocycles. The van der Waals surface area contributed by atoms with Gasteiger partial charge in [0.25, 0.3) is 0 Å². The average Bonchev–Trinajstić information content (AvgIpc) is 2.40. The number of hydrogen-bond acceptors (Lipinski definition) is 1. The molecule has 0 fully saturated rings. The Morgan fingerprint density at radius 3 is 2.37 bits per heavy atom. The Bertz CT molecular complexity index is 555. The first-order valence-corrected chi connectivity index (χ1v) is 6.78.